The maximum atomic E-state index is 5.99. The number of ether oxygens (including phenoxy) is 1. The second-order valence-corrected chi connectivity index (χ2v) is 5.88. The third kappa shape index (κ3) is 2.60. The molecule has 1 aromatic rings. The van der Waals surface area contributed by atoms with Gasteiger partial charge in [0.2, 0.25) is 0 Å². The maximum Gasteiger partial charge on any atom is 0.0868 e. The van der Waals surface area contributed by atoms with Gasteiger partial charge in [-0.05, 0) is 44.2 Å². The van der Waals surface area contributed by atoms with Gasteiger partial charge in [0.25, 0.3) is 0 Å². The minimum Gasteiger partial charge on any atom is -0.373 e. The van der Waals surface area contributed by atoms with E-state index in [0.29, 0.717) is 12.0 Å². The van der Waals surface area contributed by atoms with Crippen LogP contribution >= 0.6 is 0 Å². The fraction of sp³-hybridized carbons (Fsp3) is 0.625. The van der Waals surface area contributed by atoms with Crippen LogP contribution < -0.4 is 5.32 Å². The molecule has 0 amide bonds. The van der Waals surface area contributed by atoms with E-state index in [4.69, 9.17) is 4.74 Å². The van der Waals surface area contributed by atoms with Crippen LogP contribution in [0.4, 0.5) is 0 Å². The van der Waals surface area contributed by atoms with Crippen molar-refractivity contribution in [1.82, 2.24) is 5.32 Å². The van der Waals surface area contributed by atoms with Crippen LogP contribution in [0.3, 0.4) is 0 Å². The van der Waals surface area contributed by atoms with Crippen LogP contribution in [0.5, 0.6) is 0 Å². The molecular weight excluding hydrogens is 222 g/mol. The van der Waals surface area contributed by atoms with Crippen LogP contribution in [0, 0.1) is 19.8 Å². The van der Waals surface area contributed by atoms with Crippen molar-refractivity contribution in [2.75, 3.05) is 13.2 Å². The van der Waals surface area contributed by atoms with E-state index in [1.165, 1.54) is 36.0 Å². The van der Waals surface area contributed by atoms with Crippen molar-refractivity contribution in [1.29, 1.82) is 0 Å². The summed E-state index contributed by atoms with van der Waals surface area (Å²) in [5.41, 5.74) is 4.10. The zero-order valence-corrected chi connectivity index (χ0v) is 11.4. The Hall–Kier alpha value is -0.860. The van der Waals surface area contributed by atoms with Crippen LogP contribution in [-0.4, -0.2) is 19.2 Å². The number of rotatable bonds is 4. The second kappa shape index (κ2) is 5.02. The molecule has 3 rings (SSSR count). The van der Waals surface area contributed by atoms with E-state index in [2.05, 4.69) is 37.4 Å². The van der Waals surface area contributed by atoms with Crippen molar-refractivity contribution in [3.05, 3.63) is 34.9 Å². The minimum atomic E-state index is 0.303. The van der Waals surface area contributed by atoms with Gasteiger partial charge in [-0.2, -0.15) is 0 Å². The van der Waals surface area contributed by atoms with Crippen molar-refractivity contribution < 1.29 is 4.74 Å². The first-order chi connectivity index (χ1) is 8.74. The van der Waals surface area contributed by atoms with Crippen LogP contribution in [0.2, 0.25) is 0 Å². The number of benzene rings is 1. The van der Waals surface area contributed by atoms with Crippen molar-refractivity contribution in [3.8, 4) is 0 Å². The van der Waals surface area contributed by atoms with Crippen LogP contribution in [0.1, 0.15) is 42.1 Å². The largest absolute Gasteiger partial charge is 0.373 e. The number of aryl methyl sites for hydroxylation is 2. The van der Waals surface area contributed by atoms with Gasteiger partial charge in [0.1, 0.15) is 0 Å². The molecule has 1 saturated carbocycles. The first kappa shape index (κ1) is 12.2. The lowest BCUT2D eigenvalue weighted by molar-refractivity contribution is 0.0899. The molecule has 0 spiro atoms. The Morgan fingerprint density at radius 1 is 1.22 bits per heavy atom. The summed E-state index contributed by atoms with van der Waals surface area (Å²) in [6.45, 7) is 6.38. The summed E-state index contributed by atoms with van der Waals surface area (Å²) in [6, 6.07) is 7.52. The summed E-state index contributed by atoms with van der Waals surface area (Å²) in [4.78, 5) is 0. The summed E-state index contributed by atoms with van der Waals surface area (Å²) >= 11 is 0. The summed E-state index contributed by atoms with van der Waals surface area (Å²) in [7, 11) is 0. The molecule has 1 aromatic carbocycles. The molecule has 0 aromatic heterocycles. The molecule has 2 atom stereocenters. The van der Waals surface area contributed by atoms with Gasteiger partial charge in [-0.25, -0.2) is 0 Å². The number of hydrogen-bond donors (Lipinski definition) is 1. The quantitative estimate of drug-likeness (QED) is 0.880. The Balaban J connectivity index is 1.72. The molecule has 2 unspecified atom stereocenters. The van der Waals surface area contributed by atoms with E-state index in [0.717, 1.165) is 19.2 Å². The highest BCUT2D eigenvalue weighted by Crippen LogP contribution is 2.36. The Bertz CT molecular complexity index is 425. The molecule has 1 aliphatic heterocycles. The molecule has 1 aliphatic carbocycles. The lowest BCUT2D eigenvalue weighted by Gasteiger charge is -2.21. The Morgan fingerprint density at radius 2 is 2.06 bits per heavy atom. The SMILES string of the molecule is Cc1ccc(C2OCCC2CNC2CC2)c(C)c1. The van der Waals surface area contributed by atoms with Crippen molar-refractivity contribution in [3.63, 3.8) is 0 Å². The Kier molecular flexibility index (Phi) is 3.40. The minimum absolute atomic E-state index is 0.303. The van der Waals surface area contributed by atoms with Gasteiger partial charge in [-0.15, -0.1) is 0 Å². The van der Waals surface area contributed by atoms with Gasteiger partial charge in [-0.3, -0.25) is 0 Å². The molecule has 2 aliphatic rings. The molecule has 0 radical (unpaired) electrons. The summed E-state index contributed by atoms with van der Waals surface area (Å²) in [5, 5.41) is 3.65. The monoisotopic (exact) mass is 245 g/mol. The average molecular weight is 245 g/mol. The first-order valence-corrected chi connectivity index (χ1v) is 7.16. The van der Waals surface area contributed by atoms with Gasteiger partial charge in [-0.1, -0.05) is 23.8 Å². The van der Waals surface area contributed by atoms with E-state index in [-0.39, 0.29) is 0 Å². The molecule has 1 N–H and O–H groups in total. The zero-order valence-electron chi connectivity index (χ0n) is 11.4. The van der Waals surface area contributed by atoms with Crippen LogP contribution in [0.25, 0.3) is 0 Å². The van der Waals surface area contributed by atoms with Gasteiger partial charge in [0.15, 0.2) is 0 Å². The van der Waals surface area contributed by atoms with Crippen molar-refractivity contribution in [2.24, 2.45) is 5.92 Å². The van der Waals surface area contributed by atoms with E-state index in [9.17, 15) is 0 Å². The van der Waals surface area contributed by atoms with Gasteiger partial charge < -0.3 is 10.1 Å². The standard InChI is InChI=1S/C16H23NO/c1-11-3-6-15(12(2)9-11)16-13(7-8-18-16)10-17-14-4-5-14/h3,6,9,13-14,16-17H,4-5,7-8,10H2,1-2H3. The molecule has 2 nitrogen and oxygen atoms in total. The average Bonchev–Trinajstić information content (AvgIpc) is 3.06. The molecule has 2 heteroatoms. The van der Waals surface area contributed by atoms with Gasteiger partial charge in [0.05, 0.1) is 6.10 Å². The van der Waals surface area contributed by atoms with Gasteiger partial charge in [0, 0.05) is 25.1 Å². The fourth-order valence-corrected chi connectivity index (χ4v) is 2.94. The summed E-state index contributed by atoms with van der Waals surface area (Å²) in [5.74, 6) is 0.645. The first-order valence-electron chi connectivity index (χ1n) is 7.16. The second-order valence-electron chi connectivity index (χ2n) is 5.88. The van der Waals surface area contributed by atoms with Gasteiger partial charge >= 0.3 is 0 Å². The maximum absolute atomic E-state index is 5.99. The normalized spacial score (nSPS) is 27.7. The Morgan fingerprint density at radius 3 is 2.78 bits per heavy atom. The molecule has 18 heavy (non-hydrogen) atoms. The zero-order chi connectivity index (χ0) is 12.5. The predicted molar refractivity (Wildman–Crippen MR) is 73.7 cm³/mol. The third-order valence-electron chi connectivity index (χ3n) is 4.19. The molecule has 1 heterocycles. The Labute approximate surface area is 110 Å². The third-order valence-corrected chi connectivity index (χ3v) is 4.19. The van der Waals surface area contributed by atoms with Crippen molar-refractivity contribution in [2.45, 2.75) is 45.3 Å². The molecule has 1 saturated heterocycles. The van der Waals surface area contributed by atoms with Crippen molar-refractivity contribution >= 4 is 0 Å². The molecule has 2 fully saturated rings. The molecular formula is C16H23NO. The van der Waals surface area contributed by atoms with Crippen LogP contribution in [-0.2, 0) is 4.74 Å². The fourth-order valence-electron chi connectivity index (χ4n) is 2.94. The molecule has 98 valence electrons. The number of nitrogens with one attached hydrogen (secondary N) is 1. The van der Waals surface area contributed by atoms with E-state index in [1.54, 1.807) is 0 Å². The van der Waals surface area contributed by atoms with E-state index < -0.39 is 0 Å². The summed E-state index contributed by atoms with van der Waals surface area (Å²) in [6.07, 6.45) is 4.22. The topological polar surface area (TPSA) is 21.3 Å². The van der Waals surface area contributed by atoms with E-state index in [1.807, 2.05) is 0 Å². The smallest absolute Gasteiger partial charge is 0.0868 e. The lowest BCUT2D eigenvalue weighted by Crippen LogP contribution is -2.26. The predicted octanol–water partition coefficient (Wildman–Crippen LogP) is 3.13. The van der Waals surface area contributed by atoms with E-state index >= 15 is 0 Å². The lowest BCUT2D eigenvalue weighted by atomic mass is 9.91. The highest BCUT2D eigenvalue weighted by atomic mass is 16.5. The highest BCUT2D eigenvalue weighted by Gasteiger charge is 2.32. The van der Waals surface area contributed by atoms with Crippen LogP contribution in [0.15, 0.2) is 18.2 Å². The molecule has 0 bridgehead atoms. The number of hydrogen-bond acceptors (Lipinski definition) is 2. The highest BCUT2D eigenvalue weighted by molar-refractivity contribution is 5.32. The summed E-state index contributed by atoms with van der Waals surface area (Å²) < 4.78 is 5.99.